The van der Waals surface area contributed by atoms with Crippen LogP contribution in [0, 0.1) is 0 Å². The Morgan fingerprint density at radius 3 is 2.57 bits per heavy atom. The van der Waals surface area contributed by atoms with E-state index < -0.39 is 0 Å². The lowest BCUT2D eigenvalue weighted by molar-refractivity contribution is -0.124. The summed E-state index contributed by atoms with van der Waals surface area (Å²) in [4.78, 5) is 14.9. The summed E-state index contributed by atoms with van der Waals surface area (Å²) in [5.41, 5.74) is 9.05. The minimum absolute atomic E-state index is 0. The van der Waals surface area contributed by atoms with Gasteiger partial charge in [-0.3, -0.25) is 9.69 Å². The van der Waals surface area contributed by atoms with Gasteiger partial charge in [-0.15, -0.1) is 24.8 Å². The van der Waals surface area contributed by atoms with Gasteiger partial charge in [0, 0.05) is 31.7 Å². The van der Waals surface area contributed by atoms with E-state index in [-0.39, 0.29) is 42.9 Å². The van der Waals surface area contributed by atoms with E-state index in [4.69, 9.17) is 10.5 Å². The molecular weight excluding hydrogens is 421 g/mol. The van der Waals surface area contributed by atoms with Gasteiger partial charge in [0.2, 0.25) is 5.91 Å². The van der Waals surface area contributed by atoms with Crippen molar-refractivity contribution in [2.75, 3.05) is 25.4 Å². The van der Waals surface area contributed by atoms with E-state index in [9.17, 15) is 4.79 Å². The number of nitrogens with one attached hydrogen (secondary N) is 1. The zero-order valence-corrected chi connectivity index (χ0v) is 19.1. The molecule has 1 fully saturated rings. The number of benzene rings is 2. The molecule has 2 unspecified atom stereocenters. The normalized spacial score (nSPS) is 17.3. The van der Waals surface area contributed by atoms with Crippen molar-refractivity contribution in [1.82, 2.24) is 10.2 Å². The summed E-state index contributed by atoms with van der Waals surface area (Å²) >= 11 is 0. The fourth-order valence-electron chi connectivity index (χ4n) is 3.71. The number of amides is 1. The second-order valence-electron chi connectivity index (χ2n) is 7.41. The van der Waals surface area contributed by atoms with Gasteiger partial charge in [-0.25, -0.2) is 0 Å². The van der Waals surface area contributed by atoms with Crippen LogP contribution in [0.2, 0.25) is 0 Å². The lowest BCUT2D eigenvalue weighted by Gasteiger charge is -2.37. The van der Waals surface area contributed by atoms with Crippen molar-refractivity contribution in [3.8, 4) is 0 Å². The zero-order valence-electron chi connectivity index (χ0n) is 17.5. The minimum Gasteiger partial charge on any atom is -0.399 e. The van der Waals surface area contributed by atoms with E-state index in [0.717, 1.165) is 37.3 Å². The van der Waals surface area contributed by atoms with Crippen LogP contribution in [0.3, 0.4) is 0 Å². The number of carbonyl (C=O) groups is 1. The van der Waals surface area contributed by atoms with Crippen LogP contribution in [0.5, 0.6) is 0 Å². The molecule has 3 N–H and O–H groups in total. The third kappa shape index (κ3) is 7.80. The third-order valence-corrected chi connectivity index (χ3v) is 5.34. The molecule has 1 aliphatic heterocycles. The van der Waals surface area contributed by atoms with Crippen LogP contribution in [-0.2, 0) is 22.5 Å². The molecule has 1 aliphatic rings. The lowest BCUT2D eigenvalue weighted by Crippen LogP contribution is -2.53. The molecule has 3 rings (SSSR count). The zero-order chi connectivity index (χ0) is 19.8. The number of nitrogens with zero attached hydrogens (tertiary/aromatic N) is 1. The van der Waals surface area contributed by atoms with Crippen LogP contribution < -0.4 is 11.1 Å². The molecule has 1 heterocycles. The molecule has 2 atom stereocenters. The van der Waals surface area contributed by atoms with Crippen molar-refractivity contribution in [2.24, 2.45) is 0 Å². The highest BCUT2D eigenvalue weighted by molar-refractivity contribution is 5.85. The summed E-state index contributed by atoms with van der Waals surface area (Å²) < 4.78 is 6.01. The van der Waals surface area contributed by atoms with Crippen LogP contribution in [0.1, 0.15) is 30.9 Å². The second kappa shape index (κ2) is 13.5. The number of nitrogen functional groups attached to an aromatic ring is 1. The van der Waals surface area contributed by atoms with Crippen LogP contribution >= 0.6 is 24.8 Å². The first-order chi connectivity index (χ1) is 13.7. The molecule has 2 aromatic rings. The van der Waals surface area contributed by atoms with Gasteiger partial charge in [-0.1, -0.05) is 55.5 Å². The predicted octanol–water partition coefficient (Wildman–Crippen LogP) is 3.84. The summed E-state index contributed by atoms with van der Waals surface area (Å²) in [6, 6.07) is 18.2. The molecule has 166 valence electrons. The lowest BCUT2D eigenvalue weighted by atomic mass is 10.0. The Bertz CT molecular complexity index is 761. The number of aryl methyl sites for hydroxylation is 1. The van der Waals surface area contributed by atoms with Crippen molar-refractivity contribution in [3.63, 3.8) is 0 Å². The molecule has 0 saturated carbocycles. The molecule has 0 spiro atoms. The molecule has 1 saturated heterocycles. The van der Waals surface area contributed by atoms with E-state index in [1.54, 1.807) is 0 Å². The van der Waals surface area contributed by atoms with Gasteiger partial charge in [0.15, 0.2) is 0 Å². The third-order valence-electron chi connectivity index (χ3n) is 5.34. The number of anilines is 1. The molecule has 7 heteroatoms. The first kappa shape index (κ1) is 26.2. The number of nitrogens with two attached hydrogens (primary N) is 1. The first-order valence-electron chi connectivity index (χ1n) is 10.2. The maximum Gasteiger partial charge on any atom is 0.220 e. The number of ether oxygens (including phenoxy) is 1. The number of hydrogen-bond acceptors (Lipinski definition) is 4. The van der Waals surface area contributed by atoms with Crippen molar-refractivity contribution < 1.29 is 9.53 Å². The summed E-state index contributed by atoms with van der Waals surface area (Å²) in [6.45, 7) is 5.46. The van der Waals surface area contributed by atoms with Gasteiger partial charge in [-0.2, -0.15) is 0 Å². The summed E-state index contributed by atoms with van der Waals surface area (Å²) in [5, 5.41) is 3.18. The molecule has 0 aromatic heterocycles. The van der Waals surface area contributed by atoms with Crippen molar-refractivity contribution in [3.05, 3.63) is 65.7 Å². The van der Waals surface area contributed by atoms with Crippen molar-refractivity contribution in [1.29, 1.82) is 0 Å². The second-order valence-corrected chi connectivity index (χ2v) is 7.41. The number of carbonyl (C=O) groups excluding carboxylic acids is 1. The monoisotopic (exact) mass is 453 g/mol. The largest absolute Gasteiger partial charge is 0.399 e. The van der Waals surface area contributed by atoms with Gasteiger partial charge in [0.1, 0.15) is 0 Å². The van der Waals surface area contributed by atoms with E-state index in [2.05, 4.69) is 41.4 Å². The van der Waals surface area contributed by atoms with E-state index in [1.807, 2.05) is 30.3 Å². The van der Waals surface area contributed by atoms with Crippen LogP contribution in [0.25, 0.3) is 0 Å². The maximum atomic E-state index is 12.5. The van der Waals surface area contributed by atoms with Gasteiger partial charge >= 0.3 is 0 Å². The standard InChI is InChI=1S/C23H31N3O2.2ClH/c1-2-21(25-23(27)13-12-19-10-6-7-11-20(19)24)22-17-26(14-15-28-22)16-18-8-4-3-5-9-18;;/h3-11,21-22H,2,12-17,24H2,1H3,(H,25,27);2*1H. The molecular formula is C23H33Cl2N3O2. The summed E-state index contributed by atoms with van der Waals surface area (Å²) in [7, 11) is 0. The molecule has 0 aliphatic carbocycles. The highest BCUT2D eigenvalue weighted by Crippen LogP contribution is 2.16. The predicted molar refractivity (Wildman–Crippen MR) is 127 cm³/mol. The van der Waals surface area contributed by atoms with Crippen LogP contribution in [0.15, 0.2) is 54.6 Å². The molecule has 5 nitrogen and oxygen atoms in total. The topological polar surface area (TPSA) is 67.6 Å². The summed E-state index contributed by atoms with van der Waals surface area (Å²) in [6.07, 6.45) is 1.96. The van der Waals surface area contributed by atoms with Gasteiger partial charge in [-0.05, 0) is 30.0 Å². The quantitative estimate of drug-likeness (QED) is 0.595. The fraction of sp³-hybridized carbons (Fsp3) is 0.435. The Morgan fingerprint density at radius 2 is 1.87 bits per heavy atom. The van der Waals surface area contributed by atoms with Crippen LogP contribution in [0.4, 0.5) is 5.69 Å². The maximum absolute atomic E-state index is 12.5. The first-order valence-corrected chi connectivity index (χ1v) is 10.2. The number of para-hydroxylation sites is 1. The molecule has 0 bridgehead atoms. The fourth-order valence-corrected chi connectivity index (χ4v) is 3.71. The molecule has 30 heavy (non-hydrogen) atoms. The van der Waals surface area contributed by atoms with Crippen molar-refractivity contribution >= 4 is 36.4 Å². The van der Waals surface area contributed by atoms with Gasteiger partial charge in [0.25, 0.3) is 0 Å². The smallest absolute Gasteiger partial charge is 0.220 e. The number of morpholine rings is 1. The Labute approximate surface area is 192 Å². The molecule has 1 amide bonds. The van der Waals surface area contributed by atoms with Crippen molar-refractivity contribution in [2.45, 2.75) is 44.9 Å². The highest BCUT2D eigenvalue weighted by Gasteiger charge is 2.28. The Hall–Kier alpha value is -1.79. The average Bonchev–Trinajstić information content (AvgIpc) is 2.72. The average molecular weight is 454 g/mol. The Kier molecular flexibility index (Phi) is 11.8. The van der Waals surface area contributed by atoms with E-state index in [1.165, 1.54) is 5.56 Å². The van der Waals surface area contributed by atoms with E-state index in [0.29, 0.717) is 19.4 Å². The minimum atomic E-state index is 0. The number of halogens is 2. The van der Waals surface area contributed by atoms with Gasteiger partial charge < -0.3 is 15.8 Å². The Morgan fingerprint density at radius 1 is 1.17 bits per heavy atom. The van der Waals surface area contributed by atoms with E-state index >= 15 is 0 Å². The molecule has 0 radical (unpaired) electrons. The highest BCUT2D eigenvalue weighted by atomic mass is 35.5. The summed E-state index contributed by atoms with van der Waals surface area (Å²) in [5.74, 6) is 0.0545. The number of rotatable bonds is 8. The SMILES string of the molecule is CCC(NC(=O)CCc1ccccc1N)C1CN(Cc2ccccc2)CCO1.Cl.Cl. The van der Waals surface area contributed by atoms with Crippen LogP contribution in [-0.4, -0.2) is 42.6 Å². The number of hydrogen-bond donors (Lipinski definition) is 2. The van der Waals surface area contributed by atoms with Gasteiger partial charge in [0.05, 0.1) is 18.8 Å². The molecule has 2 aromatic carbocycles. The Balaban J connectivity index is 0.00000225.